The first-order valence-electron chi connectivity index (χ1n) is 5.67. The normalized spacial score (nSPS) is 10.1. The van der Waals surface area contributed by atoms with Crippen LogP contribution in [0.1, 0.15) is 9.67 Å². The van der Waals surface area contributed by atoms with E-state index in [4.69, 9.17) is 0 Å². The SMILES string of the molecule is O=C(CSc1ccccc1Br)NNC(=O)c1cccs1. The summed E-state index contributed by atoms with van der Waals surface area (Å²) in [6.07, 6.45) is 0. The molecule has 0 aliphatic heterocycles. The Kier molecular flexibility index (Phi) is 5.63. The second kappa shape index (κ2) is 7.47. The largest absolute Gasteiger partial charge is 0.279 e. The van der Waals surface area contributed by atoms with Crippen molar-refractivity contribution in [3.63, 3.8) is 0 Å². The zero-order chi connectivity index (χ0) is 14.4. The minimum Gasteiger partial charge on any atom is -0.272 e. The van der Waals surface area contributed by atoms with Crippen molar-refractivity contribution in [1.82, 2.24) is 10.9 Å². The van der Waals surface area contributed by atoms with Gasteiger partial charge in [-0.25, -0.2) is 0 Å². The third-order valence-electron chi connectivity index (χ3n) is 2.26. The Morgan fingerprint density at radius 2 is 1.95 bits per heavy atom. The van der Waals surface area contributed by atoms with Gasteiger partial charge in [-0.3, -0.25) is 20.4 Å². The van der Waals surface area contributed by atoms with Crippen LogP contribution in [0.4, 0.5) is 0 Å². The highest BCUT2D eigenvalue weighted by molar-refractivity contribution is 9.10. The summed E-state index contributed by atoms with van der Waals surface area (Å²) in [7, 11) is 0. The molecule has 104 valence electrons. The van der Waals surface area contributed by atoms with Crippen LogP contribution in [0.25, 0.3) is 0 Å². The molecule has 2 amide bonds. The van der Waals surface area contributed by atoms with Gasteiger partial charge in [-0.15, -0.1) is 23.1 Å². The molecule has 1 heterocycles. The van der Waals surface area contributed by atoms with Gasteiger partial charge in [0.1, 0.15) is 0 Å². The summed E-state index contributed by atoms with van der Waals surface area (Å²) < 4.78 is 0.945. The smallest absolute Gasteiger partial charge is 0.272 e. The molecular formula is C13H11BrN2O2S2. The van der Waals surface area contributed by atoms with Gasteiger partial charge in [-0.05, 0) is 39.5 Å². The average molecular weight is 371 g/mol. The molecule has 0 aliphatic carbocycles. The lowest BCUT2D eigenvalue weighted by Gasteiger charge is -2.07. The molecule has 2 rings (SSSR count). The fourth-order valence-corrected chi connectivity index (χ4v) is 3.32. The maximum absolute atomic E-state index is 11.6. The summed E-state index contributed by atoms with van der Waals surface area (Å²) in [6.45, 7) is 0. The van der Waals surface area contributed by atoms with Crippen molar-refractivity contribution >= 4 is 50.8 Å². The van der Waals surface area contributed by atoms with Crippen molar-refractivity contribution in [2.75, 3.05) is 5.75 Å². The number of halogens is 1. The van der Waals surface area contributed by atoms with E-state index in [1.54, 1.807) is 17.5 Å². The van der Waals surface area contributed by atoms with E-state index in [2.05, 4.69) is 26.8 Å². The molecule has 0 unspecified atom stereocenters. The zero-order valence-corrected chi connectivity index (χ0v) is 13.5. The summed E-state index contributed by atoms with van der Waals surface area (Å²) in [4.78, 5) is 24.8. The van der Waals surface area contributed by atoms with Crippen molar-refractivity contribution in [3.05, 3.63) is 51.1 Å². The third-order valence-corrected chi connectivity index (χ3v) is 5.15. The van der Waals surface area contributed by atoms with Gasteiger partial charge in [0.15, 0.2) is 0 Å². The number of hydrogen-bond acceptors (Lipinski definition) is 4. The first-order valence-corrected chi connectivity index (χ1v) is 8.32. The Hall–Kier alpha value is -1.31. The van der Waals surface area contributed by atoms with Crippen LogP contribution in [-0.4, -0.2) is 17.6 Å². The maximum Gasteiger partial charge on any atom is 0.279 e. The standard InChI is InChI=1S/C13H11BrN2O2S2/c14-9-4-1-2-5-10(9)20-8-12(17)15-16-13(18)11-6-3-7-19-11/h1-7H,8H2,(H,15,17)(H,16,18). The molecule has 7 heteroatoms. The first kappa shape index (κ1) is 15.1. The van der Waals surface area contributed by atoms with Gasteiger partial charge in [0.2, 0.25) is 5.91 Å². The van der Waals surface area contributed by atoms with Crippen LogP contribution in [0.15, 0.2) is 51.1 Å². The number of benzene rings is 1. The van der Waals surface area contributed by atoms with E-state index in [0.717, 1.165) is 9.37 Å². The maximum atomic E-state index is 11.6. The molecule has 1 aromatic carbocycles. The molecule has 2 aromatic rings. The molecule has 1 aromatic heterocycles. The minimum absolute atomic E-state index is 0.229. The van der Waals surface area contributed by atoms with E-state index in [-0.39, 0.29) is 17.6 Å². The van der Waals surface area contributed by atoms with Gasteiger partial charge in [-0.1, -0.05) is 18.2 Å². The number of nitrogens with one attached hydrogen (secondary N) is 2. The van der Waals surface area contributed by atoms with Crippen LogP contribution >= 0.6 is 39.0 Å². The lowest BCUT2D eigenvalue weighted by Crippen LogP contribution is -2.42. The molecule has 4 nitrogen and oxygen atoms in total. The van der Waals surface area contributed by atoms with Crippen LogP contribution in [0.3, 0.4) is 0 Å². The predicted molar refractivity (Wildman–Crippen MR) is 84.8 cm³/mol. The Balaban J connectivity index is 1.76. The predicted octanol–water partition coefficient (Wildman–Crippen LogP) is 3.06. The minimum atomic E-state index is -0.306. The fourth-order valence-electron chi connectivity index (χ4n) is 1.34. The molecule has 0 fully saturated rings. The van der Waals surface area contributed by atoms with E-state index in [0.29, 0.717) is 4.88 Å². The number of thioether (sulfide) groups is 1. The summed E-state index contributed by atoms with van der Waals surface area (Å²) in [6, 6.07) is 11.1. The van der Waals surface area contributed by atoms with Gasteiger partial charge in [0.05, 0.1) is 10.6 Å². The van der Waals surface area contributed by atoms with Crippen LogP contribution < -0.4 is 10.9 Å². The Morgan fingerprint density at radius 3 is 2.65 bits per heavy atom. The van der Waals surface area contributed by atoms with E-state index in [1.165, 1.54) is 23.1 Å². The Morgan fingerprint density at radius 1 is 1.15 bits per heavy atom. The summed E-state index contributed by atoms with van der Waals surface area (Å²) >= 11 is 6.13. The summed E-state index contributed by atoms with van der Waals surface area (Å²) in [5, 5.41) is 1.81. The monoisotopic (exact) mass is 370 g/mol. The molecule has 0 radical (unpaired) electrons. The number of carbonyl (C=O) groups is 2. The van der Waals surface area contributed by atoms with Gasteiger partial charge < -0.3 is 0 Å². The van der Waals surface area contributed by atoms with Gasteiger partial charge in [-0.2, -0.15) is 0 Å². The molecule has 0 saturated carbocycles. The number of carbonyl (C=O) groups excluding carboxylic acids is 2. The molecule has 0 aliphatic rings. The second-order valence-electron chi connectivity index (χ2n) is 3.70. The summed E-state index contributed by atoms with van der Waals surface area (Å²) in [5.41, 5.74) is 4.78. The van der Waals surface area contributed by atoms with Crippen LogP contribution in [0, 0.1) is 0 Å². The molecule has 0 atom stereocenters. The van der Waals surface area contributed by atoms with E-state index < -0.39 is 0 Å². The molecule has 0 spiro atoms. The zero-order valence-electron chi connectivity index (χ0n) is 10.3. The Bertz CT molecular complexity index is 602. The molecule has 2 N–H and O–H groups in total. The lowest BCUT2D eigenvalue weighted by molar-refractivity contribution is -0.119. The van der Waals surface area contributed by atoms with Gasteiger partial charge >= 0.3 is 0 Å². The molecule has 0 saturated heterocycles. The van der Waals surface area contributed by atoms with Crippen molar-refractivity contribution in [2.24, 2.45) is 0 Å². The molecule has 20 heavy (non-hydrogen) atoms. The van der Waals surface area contributed by atoms with Gasteiger partial charge in [0, 0.05) is 9.37 Å². The lowest BCUT2D eigenvalue weighted by atomic mass is 10.4. The third kappa shape index (κ3) is 4.36. The number of hydrazine groups is 1. The van der Waals surface area contributed by atoms with E-state index in [1.807, 2.05) is 24.3 Å². The first-order chi connectivity index (χ1) is 9.66. The van der Waals surface area contributed by atoms with Gasteiger partial charge in [0.25, 0.3) is 5.91 Å². The highest BCUT2D eigenvalue weighted by atomic mass is 79.9. The highest BCUT2D eigenvalue weighted by Gasteiger charge is 2.09. The molecule has 0 bridgehead atoms. The topological polar surface area (TPSA) is 58.2 Å². The van der Waals surface area contributed by atoms with E-state index >= 15 is 0 Å². The second-order valence-corrected chi connectivity index (χ2v) is 6.52. The van der Waals surface area contributed by atoms with E-state index in [9.17, 15) is 9.59 Å². The van der Waals surface area contributed by atoms with Crippen molar-refractivity contribution < 1.29 is 9.59 Å². The van der Waals surface area contributed by atoms with Crippen molar-refractivity contribution in [2.45, 2.75) is 4.90 Å². The fraction of sp³-hybridized carbons (Fsp3) is 0.0769. The quantitative estimate of drug-likeness (QED) is 0.642. The summed E-state index contributed by atoms with van der Waals surface area (Å²) in [5.74, 6) is -0.331. The number of amides is 2. The van der Waals surface area contributed by atoms with Crippen LogP contribution in [0.5, 0.6) is 0 Å². The van der Waals surface area contributed by atoms with Crippen LogP contribution in [-0.2, 0) is 4.79 Å². The van der Waals surface area contributed by atoms with Crippen molar-refractivity contribution in [3.8, 4) is 0 Å². The number of thiophene rings is 1. The number of hydrogen-bond donors (Lipinski definition) is 2. The van der Waals surface area contributed by atoms with Crippen LogP contribution in [0.2, 0.25) is 0 Å². The Labute approximate surface area is 133 Å². The average Bonchev–Trinajstić information content (AvgIpc) is 2.98. The highest BCUT2D eigenvalue weighted by Crippen LogP contribution is 2.26. The number of rotatable bonds is 4. The van der Waals surface area contributed by atoms with Crippen molar-refractivity contribution in [1.29, 1.82) is 0 Å². The molecular weight excluding hydrogens is 360 g/mol.